The molecule has 0 bridgehead atoms. The van der Waals surface area contributed by atoms with Gasteiger partial charge >= 0.3 is 0 Å². The van der Waals surface area contributed by atoms with Crippen LogP contribution in [0.2, 0.25) is 0 Å². The Morgan fingerprint density at radius 3 is 1.63 bits per heavy atom. The highest BCUT2D eigenvalue weighted by atomic mass is 15.1. The summed E-state index contributed by atoms with van der Waals surface area (Å²) in [6.45, 7) is 7.21. The van der Waals surface area contributed by atoms with Crippen LogP contribution in [0, 0.1) is 13.8 Å². The van der Waals surface area contributed by atoms with Crippen LogP contribution in [0.3, 0.4) is 0 Å². The summed E-state index contributed by atoms with van der Waals surface area (Å²) >= 11 is 0. The number of aryl methyl sites for hydroxylation is 2. The lowest BCUT2D eigenvalue weighted by Gasteiger charge is -2.22. The van der Waals surface area contributed by atoms with Gasteiger partial charge in [-0.1, -0.05) is 42.5 Å². The molecule has 1 aromatic carbocycles. The molecule has 0 saturated carbocycles. The first-order valence-electron chi connectivity index (χ1n) is 9.80. The molecule has 0 aliphatic heterocycles. The number of pyridine rings is 2. The van der Waals surface area contributed by atoms with E-state index in [2.05, 4.69) is 95.4 Å². The molecule has 2 heterocycles. The van der Waals surface area contributed by atoms with E-state index in [0.717, 1.165) is 50.3 Å². The molecule has 2 aromatic heterocycles. The second kappa shape index (κ2) is 9.98. The van der Waals surface area contributed by atoms with Gasteiger partial charge in [0.05, 0.1) is 0 Å². The Bertz CT molecular complexity index is 780. The smallest absolute Gasteiger partial charge is 0.0419 e. The minimum Gasteiger partial charge on any atom is -0.302 e. The average molecular weight is 360 g/mol. The van der Waals surface area contributed by atoms with E-state index >= 15 is 0 Å². The molecule has 27 heavy (non-hydrogen) atoms. The first-order chi connectivity index (χ1) is 13.2. The van der Waals surface area contributed by atoms with Gasteiger partial charge in [0.1, 0.15) is 0 Å². The molecule has 140 valence electrons. The van der Waals surface area contributed by atoms with E-state index in [1.165, 1.54) is 17.0 Å². The van der Waals surface area contributed by atoms with Crippen LogP contribution in [0.15, 0.2) is 66.7 Å². The Morgan fingerprint density at radius 2 is 1.11 bits per heavy atom. The van der Waals surface area contributed by atoms with E-state index in [0.29, 0.717) is 0 Å². The summed E-state index contributed by atoms with van der Waals surface area (Å²) in [5.74, 6) is 0. The molecule has 0 N–H and O–H groups in total. The molecule has 0 amide bonds. The topological polar surface area (TPSA) is 29.0 Å². The standard InChI is InChI=1S/C24H29N3/c1-20-8-6-12-23(25-20)15-18-27(17-14-22-10-4-3-5-11-22)19-16-24-13-7-9-21(2)26-24/h3-13H,14-19H2,1-2H3. The maximum Gasteiger partial charge on any atom is 0.0419 e. The van der Waals surface area contributed by atoms with Crippen molar-refractivity contribution in [3.8, 4) is 0 Å². The van der Waals surface area contributed by atoms with Gasteiger partial charge in [0, 0.05) is 55.3 Å². The van der Waals surface area contributed by atoms with Crippen LogP contribution >= 0.6 is 0 Å². The fraction of sp³-hybridized carbons (Fsp3) is 0.333. The predicted octanol–water partition coefficient (Wildman–Crippen LogP) is 4.42. The van der Waals surface area contributed by atoms with Gasteiger partial charge in [-0.3, -0.25) is 9.97 Å². The van der Waals surface area contributed by atoms with Crippen molar-refractivity contribution in [1.29, 1.82) is 0 Å². The predicted molar refractivity (Wildman–Crippen MR) is 112 cm³/mol. The van der Waals surface area contributed by atoms with Gasteiger partial charge in [-0.25, -0.2) is 0 Å². The van der Waals surface area contributed by atoms with Gasteiger partial charge < -0.3 is 4.90 Å². The minimum atomic E-state index is 0.984. The lowest BCUT2D eigenvalue weighted by Crippen LogP contribution is -2.31. The molecule has 3 heteroatoms. The first-order valence-corrected chi connectivity index (χ1v) is 9.80. The van der Waals surface area contributed by atoms with Crippen molar-refractivity contribution in [2.45, 2.75) is 33.1 Å². The van der Waals surface area contributed by atoms with Crippen LogP contribution < -0.4 is 0 Å². The molecular formula is C24H29N3. The molecule has 0 atom stereocenters. The van der Waals surface area contributed by atoms with E-state index in [9.17, 15) is 0 Å². The first kappa shape index (κ1) is 19.2. The summed E-state index contributed by atoms with van der Waals surface area (Å²) in [6, 6.07) is 23.3. The Morgan fingerprint density at radius 1 is 0.593 bits per heavy atom. The van der Waals surface area contributed by atoms with Crippen molar-refractivity contribution < 1.29 is 0 Å². The largest absolute Gasteiger partial charge is 0.302 e. The van der Waals surface area contributed by atoms with Crippen LogP contribution in [-0.2, 0) is 19.3 Å². The van der Waals surface area contributed by atoms with Crippen LogP contribution in [-0.4, -0.2) is 34.5 Å². The van der Waals surface area contributed by atoms with Gasteiger partial charge in [-0.2, -0.15) is 0 Å². The highest BCUT2D eigenvalue weighted by Gasteiger charge is 2.08. The van der Waals surface area contributed by atoms with Gasteiger partial charge in [0.15, 0.2) is 0 Å². The fourth-order valence-corrected chi connectivity index (χ4v) is 3.29. The third kappa shape index (κ3) is 6.61. The molecule has 0 radical (unpaired) electrons. The van der Waals surface area contributed by atoms with E-state index in [1.807, 2.05) is 0 Å². The summed E-state index contributed by atoms with van der Waals surface area (Å²) < 4.78 is 0. The second-order valence-corrected chi connectivity index (χ2v) is 7.12. The molecule has 0 aliphatic carbocycles. The molecule has 0 unspecified atom stereocenters. The SMILES string of the molecule is Cc1cccc(CCN(CCc2ccccc2)CCc2cccc(C)n2)n1. The summed E-state index contributed by atoms with van der Waals surface area (Å²) in [4.78, 5) is 11.9. The van der Waals surface area contributed by atoms with Crippen molar-refractivity contribution in [2.24, 2.45) is 0 Å². The molecule has 0 spiro atoms. The maximum absolute atomic E-state index is 4.65. The van der Waals surface area contributed by atoms with E-state index in [1.54, 1.807) is 0 Å². The van der Waals surface area contributed by atoms with Crippen molar-refractivity contribution in [3.05, 3.63) is 95.1 Å². The normalized spacial score (nSPS) is 11.1. The molecule has 0 aliphatic rings. The Hall–Kier alpha value is -2.52. The molecule has 3 rings (SSSR count). The van der Waals surface area contributed by atoms with Crippen molar-refractivity contribution in [1.82, 2.24) is 14.9 Å². The lowest BCUT2D eigenvalue weighted by molar-refractivity contribution is 0.282. The lowest BCUT2D eigenvalue weighted by atomic mass is 10.1. The summed E-state index contributed by atoms with van der Waals surface area (Å²) in [7, 11) is 0. The molecule has 3 nitrogen and oxygen atoms in total. The van der Waals surface area contributed by atoms with E-state index in [4.69, 9.17) is 0 Å². The number of nitrogens with zero attached hydrogens (tertiary/aromatic N) is 3. The zero-order chi connectivity index (χ0) is 18.9. The minimum absolute atomic E-state index is 0.984. The number of hydrogen-bond donors (Lipinski definition) is 0. The summed E-state index contributed by atoms with van der Waals surface area (Å²) in [5, 5.41) is 0. The van der Waals surface area contributed by atoms with Gasteiger partial charge in [-0.05, 0) is 50.1 Å². The Balaban J connectivity index is 1.60. The Kier molecular flexibility index (Phi) is 7.11. The number of hydrogen-bond acceptors (Lipinski definition) is 3. The van der Waals surface area contributed by atoms with Crippen molar-refractivity contribution in [3.63, 3.8) is 0 Å². The molecular weight excluding hydrogens is 330 g/mol. The Labute approximate surface area is 163 Å². The van der Waals surface area contributed by atoms with Crippen LogP contribution in [0.5, 0.6) is 0 Å². The van der Waals surface area contributed by atoms with Crippen LogP contribution in [0.1, 0.15) is 28.3 Å². The van der Waals surface area contributed by atoms with E-state index < -0.39 is 0 Å². The average Bonchev–Trinajstić information content (AvgIpc) is 2.68. The van der Waals surface area contributed by atoms with E-state index in [-0.39, 0.29) is 0 Å². The number of benzene rings is 1. The molecule has 3 aromatic rings. The zero-order valence-corrected chi connectivity index (χ0v) is 16.4. The highest BCUT2D eigenvalue weighted by molar-refractivity contribution is 5.15. The van der Waals surface area contributed by atoms with Gasteiger partial charge in [-0.15, -0.1) is 0 Å². The van der Waals surface area contributed by atoms with Gasteiger partial charge in [0.2, 0.25) is 0 Å². The third-order valence-electron chi connectivity index (χ3n) is 4.82. The zero-order valence-electron chi connectivity index (χ0n) is 16.4. The van der Waals surface area contributed by atoms with Crippen LogP contribution in [0.25, 0.3) is 0 Å². The third-order valence-corrected chi connectivity index (χ3v) is 4.82. The number of rotatable bonds is 9. The van der Waals surface area contributed by atoms with Crippen LogP contribution in [0.4, 0.5) is 0 Å². The summed E-state index contributed by atoms with van der Waals surface area (Å²) in [6.07, 6.45) is 3.04. The summed E-state index contributed by atoms with van der Waals surface area (Å²) in [5.41, 5.74) is 5.92. The highest BCUT2D eigenvalue weighted by Crippen LogP contribution is 2.07. The fourth-order valence-electron chi connectivity index (χ4n) is 3.29. The molecule has 0 fully saturated rings. The van der Waals surface area contributed by atoms with Crippen molar-refractivity contribution >= 4 is 0 Å². The maximum atomic E-state index is 4.65. The molecule has 0 saturated heterocycles. The monoisotopic (exact) mass is 359 g/mol. The second-order valence-electron chi connectivity index (χ2n) is 7.12. The quantitative estimate of drug-likeness (QED) is 0.566. The number of aromatic nitrogens is 2. The van der Waals surface area contributed by atoms with Gasteiger partial charge in [0.25, 0.3) is 0 Å². The van der Waals surface area contributed by atoms with Crippen molar-refractivity contribution in [2.75, 3.05) is 19.6 Å².